The van der Waals surface area contributed by atoms with Crippen molar-refractivity contribution < 1.29 is 24.5 Å². The molecule has 1 aliphatic carbocycles. The van der Waals surface area contributed by atoms with Gasteiger partial charge in [0, 0.05) is 16.1 Å². The first-order valence-corrected chi connectivity index (χ1v) is 10.5. The first-order chi connectivity index (χ1) is 14.5. The fourth-order valence-corrected chi connectivity index (χ4v) is 4.49. The maximum absolute atomic E-state index is 12.4. The van der Waals surface area contributed by atoms with Crippen molar-refractivity contribution in [2.75, 3.05) is 6.61 Å². The van der Waals surface area contributed by atoms with Gasteiger partial charge in [-0.2, -0.15) is 0 Å². The molecule has 166 valence electrons. The van der Waals surface area contributed by atoms with Crippen LogP contribution in [0.2, 0.25) is 5.02 Å². The molecule has 2 aromatic carbocycles. The van der Waals surface area contributed by atoms with Crippen LogP contribution in [0.5, 0.6) is 0 Å². The summed E-state index contributed by atoms with van der Waals surface area (Å²) < 4.78 is 5.38. The number of amides is 1. The summed E-state index contributed by atoms with van der Waals surface area (Å²) in [7, 11) is 0. The van der Waals surface area contributed by atoms with Gasteiger partial charge in [0.05, 0.1) is 12.0 Å². The Hall–Kier alpha value is -2.57. The number of nitrogens with one attached hydrogen (secondary N) is 1. The number of carbonyl (C=O) groups excluding carboxylic acids is 1. The number of aliphatic carboxylic acids is 1. The predicted octanol–water partition coefficient (Wildman–Crippen LogP) is 4.67. The highest BCUT2D eigenvalue weighted by molar-refractivity contribution is 6.33. The Morgan fingerprint density at radius 3 is 2.23 bits per heavy atom. The van der Waals surface area contributed by atoms with Gasteiger partial charge in [-0.15, -0.1) is 0 Å². The van der Waals surface area contributed by atoms with Crippen LogP contribution in [0.1, 0.15) is 39.2 Å². The molecule has 1 fully saturated rings. The predicted molar refractivity (Wildman–Crippen MR) is 119 cm³/mol. The van der Waals surface area contributed by atoms with E-state index in [1.165, 1.54) is 0 Å². The van der Waals surface area contributed by atoms with Crippen molar-refractivity contribution in [3.63, 3.8) is 0 Å². The summed E-state index contributed by atoms with van der Waals surface area (Å²) in [6, 6.07) is 15.4. The summed E-state index contributed by atoms with van der Waals surface area (Å²) in [4.78, 5) is 24.2. The lowest BCUT2D eigenvalue weighted by Gasteiger charge is -2.53. The summed E-state index contributed by atoms with van der Waals surface area (Å²) in [5.41, 5.74) is 0.0798. The van der Waals surface area contributed by atoms with Gasteiger partial charge in [0.1, 0.15) is 5.60 Å². The van der Waals surface area contributed by atoms with Gasteiger partial charge in [-0.3, -0.25) is 4.79 Å². The average molecular weight is 446 g/mol. The van der Waals surface area contributed by atoms with E-state index in [-0.39, 0.29) is 12.8 Å². The largest absolute Gasteiger partial charge is 0.481 e. The molecular weight excluding hydrogens is 418 g/mol. The van der Waals surface area contributed by atoms with Crippen LogP contribution in [0.25, 0.3) is 11.1 Å². The molecule has 0 aliphatic heterocycles. The van der Waals surface area contributed by atoms with E-state index in [4.69, 9.17) is 16.3 Å². The molecule has 0 heterocycles. The number of carbonyl (C=O) groups is 2. The molecule has 1 aliphatic rings. The van der Waals surface area contributed by atoms with E-state index < -0.39 is 35.2 Å². The maximum Gasteiger partial charge on any atom is 0.408 e. The maximum atomic E-state index is 12.4. The smallest absolute Gasteiger partial charge is 0.408 e. The summed E-state index contributed by atoms with van der Waals surface area (Å²) in [6.45, 7) is 4.82. The Morgan fingerprint density at radius 2 is 1.71 bits per heavy atom. The topological polar surface area (TPSA) is 95.9 Å². The molecule has 3 N–H and O–H groups in total. The minimum absolute atomic E-state index is 0.122. The molecule has 0 atom stereocenters. The van der Waals surface area contributed by atoms with Crippen LogP contribution in [0.15, 0.2) is 48.5 Å². The number of aliphatic hydroxyl groups is 1. The second-order valence-corrected chi connectivity index (χ2v) is 9.77. The molecule has 1 amide bonds. The fraction of sp³-hybridized carbons (Fsp3) is 0.417. The molecule has 0 bridgehead atoms. The Morgan fingerprint density at radius 1 is 1.10 bits per heavy atom. The lowest BCUT2D eigenvalue weighted by atomic mass is 9.55. The van der Waals surface area contributed by atoms with Crippen molar-refractivity contribution in [3.8, 4) is 11.1 Å². The number of halogens is 1. The van der Waals surface area contributed by atoms with Gasteiger partial charge in [-0.05, 0) is 57.2 Å². The van der Waals surface area contributed by atoms with E-state index in [0.29, 0.717) is 11.4 Å². The highest BCUT2D eigenvalue weighted by Gasteiger charge is 2.59. The van der Waals surface area contributed by atoms with Crippen molar-refractivity contribution in [2.24, 2.45) is 5.41 Å². The first-order valence-electron chi connectivity index (χ1n) is 10.2. The monoisotopic (exact) mass is 445 g/mol. The van der Waals surface area contributed by atoms with Crippen molar-refractivity contribution in [2.45, 2.75) is 51.2 Å². The van der Waals surface area contributed by atoms with Crippen LogP contribution < -0.4 is 5.32 Å². The van der Waals surface area contributed by atoms with Crippen molar-refractivity contribution in [1.29, 1.82) is 0 Å². The van der Waals surface area contributed by atoms with Gasteiger partial charge in [-0.1, -0.05) is 54.1 Å². The van der Waals surface area contributed by atoms with Crippen LogP contribution in [0.4, 0.5) is 4.79 Å². The highest BCUT2D eigenvalue weighted by Crippen LogP contribution is 2.50. The Kier molecular flexibility index (Phi) is 6.35. The fourth-order valence-electron chi connectivity index (χ4n) is 4.24. The zero-order valence-corrected chi connectivity index (χ0v) is 18.7. The number of benzene rings is 2. The zero-order chi connectivity index (χ0) is 22.9. The quantitative estimate of drug-likeness (QED) is 0.600. The molecule has 6 nitrogen and oxygen atoms in total. The lowest BCUT2D eigenvalue weighted by Crippen LogP contribution is -2.67. The number of alkyl carbamates (subject to hydrolysis) is 1. The van der Waals surface area contributed by atoms with Crippen molar-refractivity contribution >= 4 is 23.7 Å². The van der Waals surface area contributed by atoms with E-state index in [9.17, 15) is 19.8 Å². The number of carboxylic acids is 1. The molecule has 0 spiro atoms. The van der Waals surface area contributed by atoms with E-state index in [1.54, 1.807) is 20.8 Å². The van der Waals surface area contributed by atoms with Gasteiger partial charge in [0.2, 0.25) is 0 Å². The summed E-state index contributed by atoms with van der Waals surface area (Å²) in [6.07, 6.45) is 0.0655. The van der Waals surface area contributed by atoms with E-state index in [1.807, 2.05) is 48.5 Å². The van der Waals surface area contributed by atoms with Crippen LogP contribution in [-0.4, -0.2) is 40.0 Å². The van der Waals surface area contributed by atoms with E-state index in [2.05, 4.69) is 5.32 Å². The van der Waals surface area contributed by atoms with Gasteiger partial charge in [0.15, 0.2) is 0 Å². The third-order valence-corrected chi connectivity index (χ3v) is 5.89. The standard InChI is InChI=1S/C24H28ClNO5/c1-22(2,3)31-21(30)26-24(13-23(14-24,15-27)20(28)29)12-16-8-10-17(11-9-16)18-6-4-5-7-19(18)25/h4-11,27H,12-15H2,1-3H3,(H,26,30)(H,28,29)/t23-,24-. The molecule has 3 rings (SSSR count). The summed E-state index contributed by atoms with van der Waals surface area (Å²) >= 11 is 6.28. The van der Waals surface area contributed by atoms with Crippen LogP contribution in [0, 0.1) is 5.41 Å². The second kappa shape index (κ2) is 8.52. The Labute approximate surface area is 187 Å². The highest BCUT2D eigenvalue weighted by atomic mass is 35.5. The normalized spacial score (nSPS) is 23.0. The van der Waals surface area contributed by atoms with Crippen LogP contribution >= 0.6 is 11.6 Å². The third kappa shape index (κ3) is 5.20. The van der Waals surface area contributed by atoms with E-state index >= 15 is 0 Å². The number of hydrogen-bond donors (Lipinski definition) is 3. The molecule has 0 unspecified atom stereocenters. The minimum atomic E-state index is -1.26. The van der Waals surface area contributed by atoms with Gasteiger partial charge in [0.25, 0.3) is 0 Å². The zero-order valence-electron chi connectivity index (χ0n) is 17.9. The molecule has 0 aromatic heterocycles. The Bertz CT molecular complexity index is 959. The molecular formula is C24H28ClNO5. The van der Waals surface area contributed by atoms with Crippen molar-refractivity contribution in [3.05, 3.63) is 59.1 Å². The van der Waals surface area contributed by atoms with Gasteiger partial charge in [-0.25, -0.2) is 4.79 Å². The van der Waals surface area contributed by atoms with Gasteiger partial charge < -0.3 is 20.3 Å². The van der Waals surface area contributed by atoms with Crippen molar-refractivity contribution in [1.82, 2.24) is 5.32 Å². The first kappa shape index (κ1) is 23.1. The van der Waals surface area contributed by atoms with Crippen LogP contribution in [-0.2, 0) is 16.0 Å². The molecule has 1 saturated carbocycles. The molecule has 7 heteroatoms. The lowest BCUT2D eigenvalue weighted by molar-refractivity contribution is -0.166. The molecule has 0 saturated heterocycles. The molecule has 2 aromatic rings. The van der Waals surface area contributed by atoms with Gasteiger partial charge >= 0.3 is 12.1 Å². The number of aliphatic hydroxyl groups excluding tert-OH is 1. The number of hydrogen-bond acceptors (Lipinski definition) is 4. The number of ether oxygens (including phenoxy) is 1. The minimum Gasteiger partial charge on any atom is -0.481 e. The molecule has 0 radical (unpaired) electrons. The van der Waals surface area contributed by atoms with Crippen LogP contribution in [0.3, 0.4) is 0 Å². The summed E-state index contributed by atoms with van der Waals surface area (Å²) in [5, 5.41) is 22.8. The third-order valence-electron chi connectivity index (χ3n) is 5.56. The second-order valence-electron chi connectivity index (χ2n) is 9.36. The Balaban J connectivity index is 1.81. The molecule has 31 heavy (non-hydrogen) atoms. The van der Waals surface area contributed by atoms with E-state index in [0.717, 1.165) is 16.7 Å². The SMILES string of the molecule is CC(C)(C)OC(=O)N[C@]1(Cc2ccc(-c3ccccc3Cl)cc2)C[C@@](CO)(C(=O)O)C1. The summed E-state index contributed by atoms with van der Waals surface area (Å²) in [5.74, 6) is -1.06. The number of carboxylic acid groups (broad SMARTS) is 1. The average Bonchev–Trinajstić information content (AvgIpc) is 2.64. The number of rotatable bonds is 6.